The van der Waals surface area contributed by atoms with Crippen LogP contribution in [0.5, 0.6) is 0 Å². The van der Waals surface area contributed by atoms with Gasteiger partial charge in [0.15, 0.2) is 5.13 Å². The van der Waals surface area contributed by atoms with Crippen molar-refractivity contribution in [2.75, 3.05) is 57.4 Å². The third-order valence-corrected chi connectivity index (χ3v) is 11.0. The lowest BCUT2D eigenvalue weighted by Gasteiger charge is -2.33. The summed E-state index contributed by atoms with van der Waals surface area (Å²) in [4.78, 5) is 22.7. The lowest BCUT2D eigenvalue weighted by molar-refractivity contribution is -0.123. The van der Waals surface area contributed by atoms with Crippen molar-refractivity contribution in [3.63, 3.8) is 0 Å². The number of para-hydroxylation sites is 1. The zero-order chi connectivity index (χ0) is 24.3. The van der Waals surface area contributed by atoms with Crippen molar-refractivity contribution < 1.29 is 17.9 Å². The molecule has 0 saturated carbocycles. The molecule has 1 amide bonds. The number of nitrogens with zero attached hydrogens (tertiary/aromatic N) is 4. The highest BCUT2D eigenvalue weighted by Gasteiger charge is 2.35. The van der Waals surface area contributed by atoms with Crippen LogP contribution in [-0.2, 0) is 19.6 Å². The van der Waals surface area contributed by atoms with E-state index in [4.69, 9.17) is 9.72 Å². The van der Waals surface area contributed by atoms with E-state index in [1.165, 1.54) is 15.6 Å². The van der Waals surface area contributed by atoms with Crippen LogP contribution in [0.15, 0.2) is 46.0 Å². The molecule has 5 rings (SSSR count). The highest BCUT2D eigenvalue weighted by molar-refractivity contribution is 7.91. The summed E-state index contributed by atoms with van der Waals surface area (Å²) in [6, 6.07) is 11.3. The van der Waals surface area contributed by atoms with Gasteiger partial charge in [-0.3, -0.25) is 14.6 Å². The molecule has 2 aliphatic rings. The summed E-state index contributed by atoms with van der Waals surface area (Å²) in [7, 11) is -3.48. The van der Waals surface area contributed by atoms with Crippen molar-refractivity contribution in [3.05, 3.63) is 41.8 Å². The second-order valence-electron chi connectivity index (χ2n) is 8.87. The van der Waals surface area contributed by atoms with Crippen molar-refractivity contribution >= 4 is 54.0 Å². The first-order valence-corrected chi connectivity index (χ1v) is 15.2. The van der Waals surface area contributed by atoms with E-state index in [1.807, 2.05) is 29.2 Å². The van der Waals surface area contributed by atoms with E-state index < -0.39 is 10.0 Å². The summed E-state index contributed by atoms with van der Waals surface area (Å²) in [5.41, 5.74) is 0.898. The van der Waals surface area contributed by atoms with Crippen LogP contribution >= 0.6 is 22.7 Å². The first-order valence-electron chi connectivity index (χ1n) is 12.0. The van der Waals surface area contributed by atoms with E-state index in [2.05, 4.69) is 4.90 Å². The number of anilines is 1. The van der Waals surface area contributed by atoms with Crippen LogP contribution < -0.4 is 4.90 Å². The number of rotatable bonds is 8. The van der Waals surface area contributed by atoms with Gasteiger partial charge in [0.25, 0.3) is 10.0 Å². The van der Waals surface area contributed by atoms with Gasteiger partial charge < -0.3 is 4.74 Å². The first-order chi connectivity index (χ1) is 17.0. The molecule has 8 nitrogen and oxygen atoms in total. The molecule has 0 aliphatic carbocycles. The van der Waals surface area contributed by atoms with E-state index in [0.29, 0.717) is 36.7 Å². The fourth-order valence-electron chi connectivity index (χ4n) is 4.65. The van der Waals surface area contributed by atoms with Gasteiger partial charge in [0.2, 0.25) is 5.91 Å². The molecule has 11 heteroatoms. The van der Waals surface area contributed by atoms with Gasteiger partial charge in [-0.25, -0.2) is 13.4 Å². The normalized spacial score (nSPS) is 18.7. The van der Waals surface area contributed by atoms with Crippen LogP contribution in [0.4, 0.5) is 5.13 Å². The average Bonchev–Trinajstić information content (AvgIpc) is 3.58. The van der Waals surface area contributed by atoms with Crippen LogP contribution in [0.3, 0.4) is 0 Å². The van der Waals surface area contributed by atoms with Gasteiger partial charge >= 0.3 is 0 Å². The van der Waals surface area contributed by atoms with Gasteiger partial charge in [0.1, 0.15) is 4.21 Å². The number of aromatic nitrogens is 1. The Labute approximate surface area is 214 Å². The van der Waals surface area contributed by atoms with Gasteiger partial charge in [0.05, 0.1) is 23.4 Å². The minimum Gasteiger partial charge on any atom is -0.379 e. The number of hydrogen-bond acceptors (Lipinski definition) is 8. The Morgan fingerprint density at radius 3 is 2.57 bits per heavy atom. The van der Waals surface area contributed by atoms with Crippen LogP contribution in [0.1, 0.15) is 19.3 Å². The second kappa shape index (κ2) is 11.0. The second-order valence-corrected chi connectivity index (χ2v) is 13.0. The van der Waals surface area contributed by atoms with Crippen LogP contribution in [0, 0.1) is 5.92 Å². The molecule has 2 saturated heterocycles. The molecule has 0 spiro atoms. The SMILES string of the molecule is O=C(C1CCN(S(=O)(=O)c2cccs2)CC1)N(CCCN1CCOCC1)c1nc2ccccc2s1. The lowest BCUT2D eigenvalue weighted by Crippen LogP contribution is -2.45. The highest BCUT2D eigenvalue weighted by Crippen LogP contribution is 2.32. The van der Waals surface area contributed by atoms with E-state index >= 15 is 0 Å². The number of thiazole rings is 1. The fourth-order valence-corrected chi connectivity index (χ4v) is 8.27. The van der Waals surface area contributed by atoms with Gasteiger partial charge in [-0.15, -0.1) is 11.3 Å². The van der Waals surface area contributed by atoms with Gasteiger partial charge in [-0.05, 0) is 42.8 Å². The molecular weight excluding hydrogens is 504 g/mol. The number of amides is 1. The lowest BCUT2D eigenvalue weighted by atomic mass is 9.96. The Morgan fingerprint density at radius 2 is 1.86 bits per heavy atom. The maximum Gasteiger partial charge on any atom is 0.252 e. The molecule has 0 bridgehead atoms. The standard InChI is InChI=1S/C24H30N4O4S3/c29-23(19-8-12-27(13-9-19)35(30,31)22-7-3-18-33-22)28(11-4-10-26-14-16-32-17-15-26)24-25-20-5-1-2-6-21(20)34-24/h1-3,5-7,18-19H,4,8-17H2. The first kappa shape index (κ1) is 24.8. The minimum absolute atomic E-state index is 0.0548. The number of sulfonamides is 1. The summed E-state index contributed by atoms with van der Waals surface area (Å²) in [5.74, 6) is -0.153. The number of ether oxygens (including phenoxy) is 1. The van der Waals surface area contributed by atoms with Gasteiger partial charge in [-0.2, -0.15) is 4.31 Å². The molecule has 0 unspecified atom stereocenters. The summed E-state index contributed by atoms with van der Waals surface area (Å²) in [5, 5.41) is 2.50. The molecule has 2 aromatic heterocycles. The largest absolute Gasteiger partial charge is 0.379 e. The number of morpholine rings is 1. The molecule has 0 atom stereocenters. The molecule has 3 aromatic rings. The molecule has 2 aliphatic heterocycles. The van der Waals surface area contributed by atoms with Crippen LogP contribution in [0.2, 0.25) is 0 Å². The Bertz CT molecular complexity index is 1200. The number of fused-ring (bicyclic) bond motifs is 1. The number of hydrogen-bond donors (Lipinski definition) is 0. The number of carbonyl (C=O) groups is 1. The van der Waals surface area contributed by atoms with Crippen molar-refractivity contribution in [1.29, 1.82) is 0 Å². The number of thiophene rings is 1. The molecular formula is C24H30N4O4S3. The number of benzene rings is 1. The average molecular weight is 535 g/mol. The van der Waals surface area contributed by atoms with E-state index in [-0.39, 0.29) is 11.8 Å². The number of carbonyl (C=O) groups excluding carboxylic acids is 1. The van der Waals surface area contributed by atoms with Gasteiger partial charge in [-0.1, -0.05) is 29.5 Å². The van der Waals surface area contributed by atoms with Crippen LogP contribution in [0.25, 0.3) is 10.2 Å². The third kappa shape index (κ3) is 5.60. The Balaban J connectivity index is 1.28. The maximum absolute atomic E-state index is 13.7. The van der Waals surface area contributed by atoms with Gasteiger partial charge in [0, 0.05) is 45.2 Å². The Hall–Kier alpha value is -1.89. The molecule has 188 valence electrons. The number of piperidine rings is 1. The summed E-state index contributed by atoms with van der Waals surface area (Å²) in [6.07, 6.45) is 1.90. The predicted molar refractivity (Wildman–Crippen MR) is 140 cm³/mol. The minimum atomic E-state index is -3.48. The molecule has 1 aromatic carbocycles. The third-order valence-electron chi connectivity index (χ3n) is 6.63. The predicted octanol–water partition coefficient (Wildman–Crippen LogP) is 3.51. The van der Waals surface area contributed by atoms with Crippen molar-refractivity contribution in [1.82, 2.24) is 14.2 Å². The Kier molecular flexibility index (Phi) is 7.80. The fraction of sp³-hybridized carbons (Fsp3) is 0.500. The topological polar surface area (TPSA) is 83.1 Å². The van der Waals surface area contributed by atoms with Crippen molar-refractivity contribution in [2.45, 2.75) is 23.5 Å². The smallest absolute Gasteiger partial charge is 0.252 e. The molecule has 35 heavy (non-hydrogen) atoms. The van der Waals surface area contributed by atoms with Crippen LogP contribution in [-0.4, -0.2) is 81.0 Å². The Morgan fingerprint density at radius 1 is 1.09 bits per heavy atom. The van der Waals surface area contributed by atoms with Crippen molar-refractivity contribution in [2.24, 2.45) is 5.92 Å². The molecule has 2 fully saturated rings. The molecule has 4 heterocycles. The van der Waals surface area contributed by atoms with E-state index in [0.717, 1.165) is 54.6 Å². The maximum atomic E-state index is 13.7. The zero-order valence-corrected chi connectivity index (χ0v) is 22.0. The van der Waals surface area contributed by atoms with E-state index in [1.54, 1.807) is 28.8 Å². The molecule has 0 N–H and O–H groups in total. The summed E-state index contributed by atoms with van der Waals surface area (Å²) in [6.45, 7) is 5.59. The van der Waals surface area contributed by atoms with Crippen molar-refractivity contribution in [3.8, 4) is 0 Å². The molecule has 0 radical (unpaired) electrons. The monoisotopic (exact) mass is 534 g/mol. The quantitative estimate of drug-likeness (QED) is 0.440. The zero-order valence-electron chi connectivity index (χ0n) is 19.5. The summed E-state index contributed by atoms with van der Waals surface area (Å²) >= 11 is 2.77. The van der Waals surface area contributed by atoms with E-state index in [9.17, 15) is 13.2 Å². The summed E-state index contributed by atoms with van der Waals surface area (Å²) < 4.78 is 34.2. The highest BCUT2D eigenvalue weighted by atomic mass is 32.2.